The molecule has 6 nitrogen and oxygen atoms in total. The van der Waals surface area contributed by atoms with Crippen molar-refractivity contribution in [2.45, 2.75) is 13.3 Å². The maximum absolute atomic E-state index is 6.21. The molecule has 6 heteroatoms. The number of nitrogens with zero attached hydrogens (tertiary/aromatic N) is 2. The van der Waals surface area contributed by atoms with Gasteiger partial charge in [0.15, 0.2) is 0 Å². The highest BCUT2D eigenvalue weighted by molar-refractivity contribution is 5.84. The second-order valence-electron chi connectivity index (χ2n) is 7.06. The summed E-state index contributed by atoms with van der Waals surface area (Å²) in [6.07, 6.45) is 4.43. The third kappa shape index (κ3) is 3.05. The first-order valence-electron chi connectivity index (χ1n) is 9.18. The molecule has 0 aliphatic rings. The predicted octanol–water partition coefficient (Wildman–Crippen LogP) is 4.66. The molecule has 0 atom stereocenters. The van der Waals surface area contributed by atoms with E-state index in [9.17, 15) is 0 Å². The lowest BCUT2D eigenvalue weighted by Crippen LogP contribution is -2.04. The van der Waals surface area contributed by atoms with Gasteiger partial charge in [0, 0.05) is 52.2 Å². The van der Waals surface area contributed by atoms with Crippen molar-refractivity contribution in [2.24, 2.45) is 0 Å². The Labute approximate surface area is 161 Å². The van der Waals surface area contributed by atoms with Crippen molar-refractivity contribution in [3.8, 4) is 0 Å². The average Bonchev–Trinajstić information content (AvgIpc) is 3.28. The van der Waals surface area contributed by atoms with Gasteiger partial charge in [-0.05, 0) is 54.3 Å². The molecule has 0 spiro atoms. The molecule has 0 unspecified atom stereocenters. The standard InChI is InChI=1S/C22H20N6/c1-13-8-16-11-18(4-5-19(16)26-13)27-22-25-12-17(21(23)28-22)9-14-2-3-15-6-7-24-20(15)10-14/h2-8,10-12,24,26H,9H2,1H3,(H3,23,25,27,28). The zero-order valence-electron chi connectivity index (χ0n) is 15.5. The summed E-state index contributed by atoms with van der Waals surface area (Å²) in [5.41, 5.74) is 12.6. The topological polar surface area (TPSA) is 95.4 Å². The summed E-state index contributed by atoms with van der Waals surface area (Å²) in [7, 11) is 0. The number of hydrogen-bond donors (Lipinski definition) is 4. The molecule has 28 heavy (non-hydrogen) atoms. The summed E-state index contributed by atoms with van der Waals surface area (Å²) in [5.74, 6) is 0.982. The van der Waals surface area contributed by atoms with E-state index in [1.54, 1.807) is 6.20 Å². The molecule has 0 saturated heterocycles. The van der Waals surface area contributed by atoms with Crippen molar-refractivity contribution >= 4 is 39.3 Å². The molecule has 3 heterocycles. The fraction of sp³-hybridized carbons (Fsp3) is 0.0909. The first-order valence-corrected chi connectivity index (χ1v) is 9.18. The molecule has 138 valence electrons. The number of aromatic nitrogens is 4. The lowest BCUT2D eigenvalue weighted by molar-refractivity contribution is 1.09. The lowest BCUT2D eigenvalue weighted by atomic mass is 10.1. The van der Waals surface area contributed by atoms with Crippen LogP contribution in [0.1, 0.15) is 16.8 Å². The van der Waals surface area contributed by atoms with E-state index < -0.39 is 0 Å². The summed E-state index contributed by atoms with van der Waals surface area (Å²) < 4.78 is 0. The molecule has 0 saturated carbocycles. The summed E-state index contributed by atoms with van der Waals surface area (Å²) >= 11 is 0. The Morgan fingerprint density at radius 3 is 2.82 bits per heavy atom. The van der Waals surface area contributed by atoms with Crippen LogP contribution in [0.2, 0.25) is 0 Å². The highest BCUT2D eigenvalue weighted by Crippen LogP contribution is 2.23. The van der Waals surface area contributed by atoms with E-state index in [0.29, 0.717) is 18.2 Å². The van der Waals surface area contributed by atoms with Crippen molar-refractivity contribution in [3.05, 3.63) is 77.7 Å². The minimum atomic E-state index is 0.489. The highest BCUT2D eigenvalue weighted by Gasteiger charge is 2.08. The summed E-state index contributed by atoms with van der Waals surface area (Å²) in [6, 6.07) is 16.6. The zero-order valence-corrected chi connectivity index (χ0v) is 15.5. The van der Waals surface area contributed by atoms with Crippen molar-refractivity contribution in [1.29, 1.82) is 0 Å². The Hall–Kier alpha value is -3.80. The first-order chi connectivity index (χ1) is 13.6. The molecular formula is C22H20N6. The Bertz CT molecular complexity index is 1300. The van der Waals surface area contributed by atoms with Crippen LogP contribution in [0, 0.1) is 6.92 Å². The Balaban J connectivity index is 1.37. The van der Waals surface area contributed by atoms with E-state index >= 15 is 0 Å². The minimum absolute atomic E-state index is 0.489. The number of nitrogen functional groups attached to an aromatic ring is 1. The number of H-pyrrole nitrogens is 2. The number of aryl methyl sites for hydroxylation is 1. The number of fused-ring (bicyclic) bond motifs is 2. The molecule has 0 aliphatic heterocycles. The number of nitrogens with two attached hydrogens (primary N) is 1. The molecule has 3 aromatic heterocycles. The van der Waals surface area contributed by atoms with Crippen molar-refractivity contribution < 1.29 is 0 Å². The fourth-order valence-electron chi connectivity index (χ4n) is 3.53. The van der Waals surface area contributed by atoms with Gasteiger partial charge in [-0.2, -0.15) is 4.98 Å². The van der Waals surface area contributed by atoms with Crippen LogP contribution in [-0.4, -0.2) is 19.9 Å². The fourth-order valence-corrected chi connectivity index (χ4v) is 3.53. The molecule has 0 fully saturated rings. The predicted molar refractivity (Wildman–Crippen MR) is 114 cm³/mol. The van der Waals surface area contributed by atoms with Crippen LogP contribution in [0.15, 0.2) is 60.9 Å². The van der Waals surface area contributed by atoms with Crippen LogP contribution in [0.25, 0.3) is 21.8 Å². The van der Waals surface area contributed by atoms with E-state index in [0.717, 1.165) is 33.4 Å². The van der Waals surface area contributed by atoms with Gasteiger partial charge >= 0.3 is 0 Å². The van der Waals surface area contributed by atoms with Crippen LogP contribution in [-0.2, 0) is 6.42 Å². The maximum atomic E-state index is 6.21. The Morgan fingerprint density at radius 2 is 1.93 bits per heavy atom. The van der Waals surface area contributed by atoms with Gasteiger partial charge in [-0.3, -0.25) is 0 Å². The smallest absolute Gasteiger partial charge is 0.229 e. The SMILES string of the molecule is Cc1cc2cc(Nc3ncc(Cc4ccc5cc[nH]c5c4)c(N)n3)ccc2[nH]1. The van der Waals surface area contributed by atoms with Gasteiger partial charge in [-0.15, -0.1) is 0 Å². The molecule has 0 aliphatic carbocycles. The van der Waals surface area contributed by atoms with Crippen molar-refractivity contribution in [1.82, 2.24) is 19.9 Å². The summed E-state index contributed by atoms with van der Waals surface area (Å²) in [5, 5.41) is 5.58. The number of anilines is 3. The van der Waals surface area contributed by atoms with Gasteiger partial charge in [0.25, 0.3) is 0 Å². The first kappa shape index (κ1) is 16.4. The lowest BCUT2D eigenvalue weighted by Gasteiger charge is -2.09. The van der Waals surface area contributed by atoms with Crippen LogP contribution in [0.5, 0.6) is 0 Å². The number of nitrogens with one attached hydrogen (secondary N) is 3. The Kier molecular flexibility index (Phi) is 3.76. The van der Waals surface area contributed by atoms with Crippen LogP contribution in [0.4, 0.5) is 17.5 Å². The molecule has 2 aromatic carbocycles. The number of hydrogen-bond acceptors (Lipinski definition) is 4. The number of rotatable bonds is 4. The zero-order chi connectivity index (χ0) is 19.1. The van der Waals surface area contributed by atoms with Crippen molar-refractivity contribution in [2.75, 3.05) is 11.1 Å². The number of aromatic amines is 2. The van der Waals surface area contributed by atoms with Gasteiger partial charge in [-0.25, -0.2) is 4.98 Å². The monoisotopic (exact) mass is 368 g/mol. The van der Waals surface area contributed by atoms with E-state index in [-0.39, 0.29) is 0 Å². The second-order valence-corrected chi connectivity index (χ2v) is 7.06. The van der Waals surface area contributed by atoms with Gasteiger partial charge in [0.1, 0.15) is 5.82 Å². The molecule has 0 radical (unpaired) electrons. The molecular weight excluding hydrogens is 348 g/mol. The van der Waals surface area contributed by atoms with E-state index in [1.807, 2.05) is 25.3 Å². The maximum Gasteiger partial charge on any atom is 0.229 e. The van der Waals surface area contributed by atoms with E-state index in [1.165, 1.54) is 10.9 Å². The van der Waals surface area contributed by atoms with E-state index in [4.69, 9.17) is 5.73 Å². The molecule has 5 N–H and O–H groups in total. The van der Waals surface area contributed by atoms with Gasteiger partial charge in [0.2, 0.25) is 5.95 Å². The molecule has 5 aromatic rings. The quantitative estimate of drug-likeness (QED) is 0.371. The van der Waals surface area contributed by atoms with Gasteiger partial charge in [0.05, 0.1) is 0 Å². The minimum Gasteiger partial charge on any atom is -0.383 e. The Morgan fingerprint density at radius 1 is 1.00 bits per heavy atom. The average molecular weight is 368 g/mol. The van der Waals surface area contributed by atoms with Crippen LogP contribution >= 0.6 is 0 Å². The summed E-state index contributed by atoms with van der Waals surface area (Å²) in [6.45, 7) is 2.04. The third-order valence-electron chi connectivity index (χ3n) is 4.92. The summed E-state index contributed by atoms with van der Waals surface area (Å²) in [4.78, 5) is 15.4. The molecule has 0 amide bonds. The normalized spacial score (nSPS) is 11.3. The largest absolute Gasteiger partial charge is 0.383 e. The van der Waals surface area contributed by atoms with E-state index in [2.05, 4.69) is 61.7 Å². The van der Waals surface area contributed by atoms with Gasteiger partial charge in [-0.1, -0.05) is 12.1 Å². The van der Waals surface area contributed by atoms with Crippen LogP contribution in [0.3, 0.4) is 0 Å². The highest BCUT2D eigenvalue weighted by atomic mass is 15.1. The van der Waals surface area contributed by atoms with Gasteiger partial charge < -0.3 is 21.0 Å². The molecule has 5 rings (SSSR count). The third-order valence-corrected chi connectivity index (χ3v) is 4.92. The molecule has 0 bridgehead atoms. The van der Waals surface area contributed by atoms with Crippen molar-refractivity contribution in [3.63, 3.8) is 0 Å². The number of benzene rings is 2. The second kappa shape index (κ2) is 6.42. The van der Waals surface area contributed by atoms with Crippen LogP contribution < -0.4 is 11.1 Å².